The largest absolute Gasteiger partial charge is 0.490 e. The van der Waals surface area contributed by atoms with Gasteiger partial charge in [0.15, 0.2) is 5.78 Å². The zero-order chi connectivity index (χ0) is 22.7. The van der Waals surface area contributed by atoms with Crippen LogP contribution < -0.4 is 10.1 Å². The quantitative estimate of drug-likeness (QED) is 0.439. The number of dihydropyridines is 1. The molecule has 166 valence electrons. The topological polar surface area (TPSA) is 64.6 Å². The lowest BCUT2D eigenvalue weighted by atomic mass is 9.75. The Morgan fingerprint density at radius 3 is 2.62 bits per heavy atom. The summed E-state index contributed by atoms with van der Waals surface area (Å²) in [5.74, 6) is -0.445. The number of Topliss-reactive ketones (excluding diaryl/α,β-unsaturated/α-hetero) is 1. The first-order valence-electron chi connectivity index (χ1n) is 10.5. The first kappa shape index (κ1) is 22.4. The van der Waals surface area contributed by atoms with E-state index in [2.05, 4.69) is 5.32 Å². The van der Waals surface area contributed by atoms with Crippen molar-refractivity contribution in [2.75, 3.05) is 13.2 Å². The summed E-state index contributed by atoms with van der Waals surface area (Å²) in [6.45, 7) is 2.09. The van der Waals surface area contributed by atoms with Crippen LogP contribution in [0.25, 0.3) is 0 Å². The molecule has 0 radical (unpaired) electrons. The van der Waals surface area contributed by atoms with Crippen LogP contribution in [0.4, 0.5) is 0 Å². The molecule has 0 saturated carbocycles. The number of carbonyl (C=O) groups excluding carboxylic acids is 2. The van der Waals surface area contributed by atoms with Gasteiger partial charge in [-0.15, -0.1) is 0 Å². The lowest BCUT2D eigenvalue weighted by molar-refractivity contribution is -0.140. The van der Waals surface area contributed by atoms with Crippen molar-refractivity contribution in [1.29, 1.82) is 0 Å². The van der Waals surface area contributed by atoms with E-state index in [1.54, 1.807) is 18.2 Å². The molecule has 0 spiro atoms. The van der Waals surface area contributed by atoms with E-state index in [4.69, 9.17) is 32.7 Å². The summed E-state index contributed by atoms with van der Waals surface area (Å²) in [6.07, 6.45) is 1.94. The van der Waals surface area contributed by atoms with Gasteiger partial charge in [0.2, 0.25) is 0 Å². The van der Waals surface area contributed by atoms with E-state index in [9.17, 15) is 9.59 Å². The van der Waals surface area contributed by atoms with Gasteiger partial charge in [-0.3, -0.25) is 4.79 Å². The molecule has 1 N–H and O–H groups in total. The van der Waals surface area contributed by atoms with Crippen LogP contribution in [0.3, 0.4) is 0 Å². The number of allylic oxidation sites excluding steroid dienone is 3. The van der Waals surface area contributed by atoms with E-state index in [0.29, 0.717) is 44.6 Å². The summed E-state index contributed by atoms with van der Waals surface area (Å²) < 4.78 is 11.1. The maximum absolute atomic E-state index is 13.2. The number of hydrogen-bond acceptors (Lipinski definition) is 5. The van der Waals surface area contributed by atoms with Crippen LogP contribution in [0.5, 0.6) is 5.75 Å². The summed E-state index contributed by atoms with van der Waals surface area (Å²) in [4.78, 5) is 26.1. The van der Waals surface area contributed by atoms with Crippen molar-refractivity contribution >= 4 is 35.0 Å². The van der Waals surface area contributed by atoms with Crippen molar-refractivity contribution in [3.63, 3.8) is 0 Å². The summed E-state index contributed by atoms with van der Waals surface area (Å²) >= 11 is 12.8. The second kappa shape index (κ2) is 9.80. The first-order valence-corrected chi connectivity index (χ1v) is 11.3. The molecule has 1 atom stereocenters. The number of nitrogens with one attached hydrogen (secondary N) is 1. The van der Waals surface area contributed by atoms with Crippen LogP contribution >= 0.6 is 23.2 Å². The molecular weight excluding hydrogens is 449 g/mol. The Labute approximate surface area is 197 Å². The third-order valence-electron chi connectivity index (χ3n) is 5.62. The molecule has 1 aliphatic heterocycles. The molecule has 2 aromatic rings. The Hall–Kier alpha value is -2.76. The maximum atomic E-state index is 13.2. The minimum atomic E-state index is -0.632. The molecule has 0 aromatic heterocycles. The van der Waals surface area contributed by atoms with Crippen LogP contribution in [0.15, 0.2) is 71.1 Å². The highest BCUT2D eigenvalue weighted by Crippen LogP contribution is 2.45. The SMILES string of the molecule is CC1=C(C(=O)OCCOc2ccccc2)[C@H](c2cccc(Cl)c2Cl)C2=C(CCCC2=O)N1. The molecule has 1 aliphatic carbocycles. The van der Waals surface area contributed by atoms with Gasteiger partial charge in [0.1, 0.15) is 19.0 Å². The summed E-state index contributed by atoms with van der Waals surface area (Å²) in [6, 6.07) is 14.6. The number of ether oxygens (including phenoxy) is 2. The van der Waals surface area contributed by atoms with Gasteiger partial charge in [0.25, 0.3) is 0 Å². The fourth-order valence-corrected chi connectivity index (χ4v) is 4.61. The lowest BCUT2D eigenvalue weighted by Gasteiger charge is -2.34. The van der Waals surface area contributed by atoms with Crippen LogP contribution in [0.2, 0.25) is 10.0 Å². The van der Waals surface area contributed by atoms with E-state index < -0.39 is 11.9 Å². The normalized spacial score (nSPS) is 18.2. The number of benzene rings is 2. The van der Waals surface area contributed by atoms with Crippen LogP contribution in [0, 0.1) is 0 Å². The zero-order valence-electron chi connectivity index (χ0n) is 17.6. The summed E-state index contributed by atoms with van der Waals surface area (Å²) in [7, 11) is 0. The Bertz CT molecular complexity index is 1110. The first-order chi connectivity index (χ1) is 15.5. The highest BCUT2D eigenvalue weighted by atomic mass is 35.5. The van der Waals surface area contributed by atoms with Gasteiger partial charge < -0.3 is 14.8 Å². The van der Waals surface area contributed by atoms with Crippen molar-refractivity contribution in [2.24, 2.45) is 0 Å². The lowest BCUT2D eigenvalue weighted by Crippen LogP contribution is -2.34. The van der Waals surface area contributed by atoms with Crippen molar-refractivity contribution in [3.8, 4) is 5.75 Å². The molecule has 0 fully saturated rings. The highest BCUT2D eigenvalue weighted by molar-refractivity contribution is 6.42. The molecule has 0 amide bonds. The van der Waals surface area contributed by atoms with Crippen LogP contribution in [-0.2, 0) is 14.3 Å². The molecule has 0 saturated heterocycles. The predicted octanol–water partition coefficient (Wildman–Crippen LogP) is 5.58. The smallest absolute Gasteiger partial charge is 0.336 e. The maximum Gasteiger partial charge on any atom is 0.336 e. The van der Waals surface area contributed by atoms with Gasteiger partial charge in [-0.25, -0.2) is 4.79 Å². The van der Waals surface area contributed by atoms with Gasteiger partial charge in [-0.2, -0.15) is 0 Å². The van der Waals surface area contributed by atoms with Crippen molar-refractivity contribution < 1.29 is 19.1 Å². The standard InChI is InChI=1S/C25H23Cl2NO4/c1-15-21(25(30)32-14-13-31-16-7-3-2-4-8-16)22(17-9-5-10-18(26)24(17)27)23-19(28-15)11-6-12-20(23)29/h2-5,7-10,22,28H,6,11-14H2,1H3/t22-/m0/s1. The Balaban J connectivity index is 1.60. The van der Waals surface area contributed by atoms with Gasteiger partial charge in [-0.1, -0.05) is 53.5 Å². The second-order valence-corrected chi connectivity index (χ2v) is 8.49. The van der Waals surface area contributed by atoms with Crippen LogP contribution in [0.1, 0.15) is 37.7 Å². The number of ketones is 1. The summed E-state index contributed by atoms with van der Waals surface area (Å²) in [5.41, 5.74) is 3.04. The molecule has 5 nitrogen and oxygen atoms in total. The minimum absolute atomic E-state index is 0.00463. The third-order valence-corrected chi connectivity index (χ3v) is 6.45. The molecule has 0 unspecified atom stereocenters. The molecular formula is C25H23Cl2NO4. The molecule has 2 aromatic carbocycles. The number of halogens is 2. The Morgan fingerprint density at radius 2 is 1.84 bits per heavy atom. The Morgan fingerprint density at radius 1 is 1.06 bits per heavy atom. The summed E-state index contributed by atoms with van der Waals surface area (Å²) in [5, 5.41) is 3.96. The Kier molecular flexibility index (Phi) is 6.87. The number of esters is 1. The second-order valence-electron chi connectivity index (χ2n) is 7.71. The monoisotopic (exact) mass is 471 g/mol. The predicted molar refractivity (Wildman–Crippen MR) is 124 cm³/mol. The number of carbonyl (C=O) groups is 2. The third kappa shape index (κ3) is 4.54. The molecule has 2 aliphatic rings. The zero-order valence-corrected chi connectivity index (χ0v) is 19.1. The van der Waals surface area contributed by atoms with Gasteiger partial charge in [-0.05, 0) is 43.5 Å². The van der Waals surface area contributed by atoms with Gasteiger partial charge >= 0.3 is 5.97 Å². The van der Waals surface area contributed by atoms with Crippen molar-refractivity contribution in [1.82, 2.24) is 5.32 Å². The average Bonchev–Trinajstić information content (AvgIpc) is 2.78. The molecule has 32 heavy (non-hydrogen) atoms. The van der Waals surface area contributed by atoms with Crippen molar-refractivity contribution in [3.05, 3.63) is 86.7 Å². The number of hydrogen-bond donors (Lipinski definition) is 1. The van der Waals surface area contributed by atoms with Gasteiger partial charge in [0, 0.05) is 29.3 Å². The van der Waals surface area contributed by atoms with E-state index in [-0.39, 0.29) is 19.0 Å². The van der Waals surface area contributed by atoms with Crippen LogP contribution in [-0.4, -0.2) is 25.0 Å². The van der Waals surface area contributed by atoms with E-state index in [0.717, 1.165) is 18.5 Å². The van der Waals surface area contributed by atoms with E-state index in [1.807, 2.05) is 37.3 Å². The van der Waals surface area contributed by atoms with E-state index >= 15 is 0 Å². The van der Waals surface area contributed by atoms with Gasteiger partial charge in [0.05, 0.1) is 15.6 Å². The molecule has 1 heterocycles. The average molecular weight is 472 g/mol. The molecule has 4 rings (SSSR count). The molecule has 0 bridgehead atoms. The number of rotatable bonds is 6. The number of para-hydroxylation sites is 1. The fourth-order valence-electron chi connectivity index (χ4n) is 4.20. The van der Waals surface area contributed by atoms with Crippen molar-refractivity contribution in [2.45, 2.75) is 32.1 Å². The van der Waals surface area contributed by atoms with E-state index in [1.165, 1.54) is 0 Å². The highest BCUT2D eigenvalue weighted by Gasteiger charge is 2.40. The fraction of sp³-hybridized carbons (Fsp3) is 0.280. The molecule has 7 heteroatoms. The minimum Gasteiger partial charge on any atom is -0.490 e.